The molecule has 1 atom stereocenters. The number of hydrogen-bond acceptors (Lipinski definition) is 3. The number of aryl methyl sites for hydroxylation is 1. The van der Waals surface area contributed by atoms with Gasteiger partial charge in [-0.2, -0.15) is 0 Å². The van der Waals surface area contributed by atoms with Crippen LogP contribution in [0.15, 0.2) is 10.6 Å². The summed E-state index contributed by atoms with van der Waals surface area (Å²) in [5.41, 5.74) is 0. The first kappa shape index (κ1) is 15.7. The molecule has 1 aromatic heterocycles. The first-order chi connectivity index (χ1) is 9.92. The average Bonchev–Trinajstić information content (AvgIpc) is 2.87. The molecular formula is C14H21F2N3O2. The smallest absolute Gasteiger partial charge is 0.317 e. The number of amides is 2. The molecule has 2 heterocycles. The Morgan fingerprint density at radius 1 is 1.62 bits per heavy atom. The van der Waals surface area contributed by atoms with Crippen molar-refractivity contribution in [2.24, 2.45) is 5.92 Å². The van der Waals surface area contributed by atoms with Crippen LogP contribution in [0, 0.1) is 5.92 Å². The number of hydrogen-bond donors (Lipinski definition) is 1. The van der Waals surface area contributed by atoms with Gasteiger partial charge in [0.2, 0.25) is 0 Å². The number of urea groups is 1. The zero-order valence-electron chi connectivity index (χ0n) is 12.4. The molecule has 21 heavy (non-hydrogen) atoms. The predicted octanol–water partition coefficient (Wildman–Crippen LogP) is 2.81. The van der Waals surface area contributed by atoms with Gasteiger partial charge in [0, 0.05) is 31.8 Å². The number of likely N-dealkylation sites (tertiary alicyclic amines) is 1. The molecule has 0 aromatic carbocycles. The number of alkyl halides is 2. The highest BCUT2D eigenvalue weighted by molar-refractivity contribution is 5.74. The van der Waals surface area contributed by atoms with Crippen molar-refractivity contribution in [3.05, 3.63) is 17.8 Å². The summed E-state index contributed by atoms with van der Waals surface area (Å²) in [5.74, 6) is -2.29. The molecule has 0 aliphatic carbocycles. The lowest BCUT2D eigenvalue weighted by atomic mass is 9.96. The predicted molar refractivity (Wildman–Crippen MR) is 73.0 cm³/mol. The summed E-state index contributed by atoms with van der Waals surface area (Å²) in [7, 11) is 0. The van der Waals surface area contributed by atoms with Gasteiger partial charge >= 0.3 is 6.03 Å². The van der Waals surface area contributed by atoms with E-state index in [2.05, 4.69) is 10.3 Å². The van der Waals surface area contributed by atoms with E-state index >= 15 is 0 Å². The summed E-state index contributed by atoms with van der Waals surface area (Å²) >= 11 is 0. The van der Waals surface area contributed by atoms with Gasteiger partial charge in [-0.1, -0.05) is 13.8 Å². The molecule has 1 N–H and O–H groups in total. The number of halogens is 2. The van der Waals surface area contributed by atoms with Gasteiger partial charge in [0.1, 0.15) is 5.76 Å². The minimum atomic E-state index is -2.68. The molecule has 0 spiro atoms. The first-order valence-corrected chi connectivity index (χ1v) is 7.26. The van der Waals surface area contributed by atoms with E-state index in [-0.39, 0.29) is 32.1 Å². The normalized spacial score (nSPS) is 21.3. The number of piperidine rings is 1. The molecule has 0 bridgehead atoms. The van der Waals surface area contributed by atoms with Crippen molar-refractivity contribution in [1.29, 1.82) is 0 Å². The van der Waals surface area contributed by atoms with Crippen molar-refractivity contribution < 1.29 is 18.0 Å². The number of nitrogens with one attached hydrogen (secondary N) is 1. The summed E-state index contributed by atoms with van der Waals surface area (Å²) in [6, 6.07) is -0.342. The van der Waals surface area contributed by atoms with Crippen molar-refractivity contribution in [3.63, 3.8) is 0 Å². The Morgan fingerprint density at radius 2 is 2.38 bits per heavy atom. The Kier molecular flexibility index (Phi) is 4.80. The van der Waals surface area contributed by atoms with E-state index in [0.29, 0.717) is 11.7 Å². The maximum atomic E-state index is 13.4. The van der Waals surface area contributed by atoms with Gasteiger partial charge in [0.25, 0.3) is 5.92 Å². The van der Waals surface area contributed by atoms with Crippen LogP contribution in [0.3, 0.4) is 0 Å². The minimum Gasteiger partial charge on any atom is -0.444 e. The van der Waals surface area contributed by atoms with Crippen LogP contribution in [0.25, 0.3) is 0 Å². The number of carbonyl (C=O) groups excluding carboxylic acids is 1. The number of oxazole rings is 1. The van der Waals surface area contributed by atoms with E-state index in [4.69, 9.17) is 4.42 Å². The maximum Gasteiger partial charge on any atom is 0.317 e. The average molecular weight is 301 g/mol. The third-order valence-corrected chi connectivity index (χ3v) is 3.70. The Labute approximate surface area is 122 Å². The third-order valence-electron chi connectivity index (χ3n) is 3.70. The fourth-order valence-corrected chi connectivity index (χ4v) is 2.30. The molecule has 2 rings (SSSR count). The largest absolute Gasteiger partial charge is 0.444 e. The van der Waals surface area contributed by atoms with Crippen molar-refractivity contribution in [1.82, 2.24) is 15.2 Å². The summed E-state index contributed by atoms with van der Waals surface area (Å²) in [6.45, 7) is 3.85. The Bertz CT molecular complexity index is 490. The van der Waals surface area contributed by atoms with E-state index in [1.54, 1.807) is 6.20 Å². The van der Waals surface area contributed by atoms with Gasteiger partial charge in [0.15, 0.2) is 5.89 Å². The second kappa shape index (κ2) is 6.41. The summed E-state index contributed by atoms with van der Waals surface area (Å²) in [5, 5.41) is 2.68. The standard InChI is InChI=1S/C14H21F2N3O2/c1-3-4-12-17-7-11(21-12)8-18-13(20)19-6-5-14(15,16)10(2)9-19/h7,10H,3-6,8-9H2,1-2H3,(H,18,20). The molecule has 5 nitrogen and oxygen atoms in total. The number of nitrogens with zero attached hydrogens (tertiary/aromatic N) is 2. The van der Waals surface area contributed by atoms with Gasteiger partial charge in [-0.3, -0.25) is 0 Å². The van der Waals surface area contributed by atoms with Crippen molar-refractivity contribution in [2.45, 2.75) is 45.6 Å². The molecular weight excluding hydrogens is 280 g/mol. The lowest BCUT2D eigenvalue weighted by Crippen LogP contribution is -2.51. The zero-order chi connectivity index (χ0) is 15.5. The topological polar surface area (TPSA) is 58.4 Å². The fourth-order valence-electron chi connectivity index (χ4n) is 2.30. The van der Waals surface area contributed by atoms with Crippen LogP contribution in [0.1, 0.15) is 38.3 Å². The van der Waals surface area contributed by atoms with Gasteiger partial charge in [-0.25, -0.2) is 18.6 Å². The van der Waals surface area contributed by atoms with Crippen LogP contribution in [-0.4, -0.2) is 34.9 Å². The van der Waals surface area contributed by atoms with Crippen molar-refractivity contribution >= 4 is 6.03 Å². The lowest BCUT2D eigenvalue weighted by molar-refractivity contribution is -0.0907. The van der Waals surface area contributed by atoms with Gasteiger partial charge in [0.05, 0.1) is 12.7 Å². The fraction of sp³-hybridized carbons (Fsp3) is 0.714. The molecule has 1 aliphatic rings. The van der Waals surface area contributed by atoms with Gasteiger partial charge in [-0.05, 0) is 6.42 Å². The SMILES string of the molecule is CCCc1ncc(CNC(=O)N2CCC(F)(F)C(C)C2)o1. The molecule has 0 radical (unpaired) electrons. The summed E-state index contributed by atoms with van der Waals surface area (Å²) in [4.78, 5) is 17.5. The van der Waals surface area contributed by atoms with Crippen LogP contribution in [0.5, 0.6) is 0 Å². The van der Waals surface area contributed by atoms with E-state index in [1.165, 1.54) is 11.8 Å². The molecule has 1 fully saturated rings. The van der Waals surface area contributed by atoms with Crippen LogP contribution >= 0.6 is 0 Å². The molecule has 7 heteroatoms. The Morgan fingerprint density at radius 3 is 3.05 bits per heavy atom. The third kappa shape index (κ3) is 3.92. The second-order valence-corrected chi connectivity index (χ2v) is 5.49. The number of rotatable bonds is 4. The molecule has 118 valence electrons. The number of aromatic nitrogens is 1. The molecule has 1 saturated heterocycles. The Balaban J connectivity index is 1.82. The van der Waals surface area contributed by atoms with Gasteiger partial charge < -0.3 is 14.6 Å². The zero-order valence-corrected chi connectivity index (χ0v) is 12.4. The highest BCUT2D eigenvalue weighted by Gasteiger charge is 2.42. The lowest BCUT2D eigenvalue weighted by Gasteiger charge is -2.36. The van der Waals surface area contributed by atoms with Crippen LogP contribution in [0.4, 0.5) is 13.6 Å². The highest BCUT2D eigenvalue weighted by atomic mass is 19.3. The second-order valence-electron chi connectivity index (χ2n) is 5.49. The van der Waals surface area contributed by atoms with Crippen LogP contribution < -0.4 is 5.32 Å². The number of carbonyl (C=O) groups is 1. The highest BCUT2D eigenvalue weighted by Crippen LogP contribution is 2.32. The quantitative estimate of drug-likeness (QED) is 0.930. The van der Waals surface area contributed by atoms with Crippen molar-refractivity contribution in [2.75, 3.05) is 13.1 Å². The van der Waals surface area contributed by atoms with Crippen LogP contribution in [-0.2, 0) is 13.0 Å². The monoisotopic (exact) mass is 301 g/mol. The summed E-state index contributed by atoms with van der Waals surface area (Å²) < 4.78 is 32.2. The first-order valence-electron chi connectivity index (χ1n) is 7.26. The van der Waals surface area contributed by atoms with Crippen molar-refractivity contribution in [3.8, 4) is 0 Å². The molecule has 0 saturated carbocycles. The van der Waals surface area contributed by atoms with E-state index < -0.39 is 11.8 Å². The molecule has 1 aliphatic heterocycles. The molecule has 2 amide bonds. The maximum absolute atomic E-state index is 13.4. The van der Waals surface area contributed by atoms with E-state index in [9.17, 15) is 13.6 Å². The van der Waals surface area contributed by atoms with E-state index in [1.807, 2.05) is 6.92 Å². The Hall–Kier alpha value is -1.66. The van der Waals surface area contributed by atoms with E-state index in [0.717, 1.165) is 12.8 Å². The van der Waals surface area contributed by atoms with Gasteiger partial charge in [-0.15, -0.1) is 0 Å². The molecule has 1 aromatic rings. The van der Waals surface area contributed by atoms with Crippen LogP contribution in [0.2, 0.25) is 0 Å². The minimum absolute atomic E-state index is 0.0658. The molecule has 1 unspecified atom stereocenters. The summed E-state index contributed by atoms with van der Waals surface area (Å²) in [6.07, 6.45) is 2.99.